The van der Waals surface area contributed by atoms with E-state index in [2.05, 4.69) is 11.4 Å². The molecular formula is C13H13N3. The lowest BCUT2D eigenvalue weighted by Gasteiger charge is -2.27. The average molecular weight is 211 g/mol. The number of anilines is 2. The molecule has 16 heavy (non-hydrogen) atoms. The average Bonchev–Trinajstić information content (AvgIpc) is 2.26. The zero-order valence-electron chi connectivity index (χ0n) is 8.77. The second kappa shape index (κ2) is 3.17. The highest BCUT2D eigenvalue weighted by molar-refractivity contribution is 5.78. The highest BCUT2D eigenvalue weighted by Crippen LogP contribution is 2.31. The van der Waals surface area contributed by atoms with Gasteiger partial charge in [-0.2, -0.15) is 0 Å². The van der Waals surface area contributed by atoms with Crippen LogP contribution in [0.15, 0.2) is 47.7 Å². The van der Waals surface area contributed by atoms with Crippen molar-refractivity contribution < 1.29 is 0 Å². The van der Waals surface area contributed by atoms with Crippen LogP contribution in [0, 0.1) is 0 Å². The Labute approximate surface area is 94.1 Å². The van der Waals surface area contributed by atoms with Crippen LogP contribution in [0.5, 0.6) is 0 Å². The number of hydrogen-bond donors (Lipinski definition) is 3. The Hall–Kier alpha value is -2.16. The number of nitrogen functional groups attached to an aromatic ring is 1. The Morgan fingerprint density at radius 3 is 2.88 bits per heavy atom. The second-order valence-electron chi connectivity index (χ2n) is 4.11. The van der Waals surface area contributed by atoms with Crippen molar-refractivity contribution in [3.05, 3.63) is 53.3 Å². The maximum atomic E-state index is 5.77. The van der Waals surface area contributed by atoms with Crippen molar-refractivity contribution >= 4 is 17.5 Å². The minimum absolute atomic E-state index is 0.166. The lowest BCUT2D eigenvalue weighted by molar-refractivity contribution is 1.02. The van der Waals surface area contributed by atoms with Crippen molar-refractivity contribution in [3.8, 4) is 0 Å². The first-order chi connectivity index (χ1) is 7.72. The van der Waals surface area contributed by atoms with Crippen molar-refractivity contribution in [2.24, 2.45) is 5.73 Å². The van der Waals surface area contributed by atoms with E-state index in [1.165, 1.54) is 11.1 Å². The predicted molar refractivity (Wildman–Crippen MR) is 67.7 cm³/mol. The largest absolute Gasteiger partial charge is 0.399 e. The number of benzene rings is 1. The molecule has 1 heterocycles. The molecule has 0 saturated heterocycles. The van der Waals surface area contributed by atoms with Gasteiger partial charge in [0, 0.05) is 17.1 Å². The molecule has 80 valence electrons. The third-order valence-corrected chi connectivity index (χ3v) is 2.90. The number of hydrogen-bond acceptors (Lipinski definition) is 3. The van der Waals surface area contributed by atoms with E-state index >= 15 is 0 Å². The zero-order valence-corrected chi connectivity index (χ0v) is 8.77. The first-order valence-corrected chi connectivity index (χ1v) is 5.25. The Kier molecular flexibility index (Phi) is 1.80. The molecule has 3 nitrogen and oxygen atoms in total. The van der Waals surface area contributed by atoms with Crippen molar-refractivity contribution in [1.29, 1.82) is 0 Å². The fourth-order valence-corrected chi connectivity index (χ4v) is 2.08. The SMILES string of the molecule is NC1=CC2Nc3cc(N)ccc3C=C2C=C1. The summed E-state index contributed by atoms with van der Waals surface area (Å²) in [7, 11) is 0. The summed E-state index contributed by atoms with van der Waals surface area (Å²) in [6.07, 6.45) is 8.14. The molecular weight excluding hydrogens is 198 g/mol. The monoisotopic (exact) mass is 211 g/mol. The van der Waals surface area contributed by atoms with Crippen LogP contribution in [-0.2, 0) is 0 Å². The zero-order chi connectivity index (χ0) is 11.1. The second-order valence-corrected chi connectivity index (χ2v) is 4.11. The summed E-state index contributed by atoms with van der Waals surface area (Å²) in [4.78, 5) is 0. The molecule has 0 amide bonds. The van der Waals surface area contributed by atoms with E-state index in [1.54, 1.807) is 0 Å². The summed E-state index contributed by atoms with van der Waals surface area (Å²) in [5, 5.41) is 3.41. The third kappa shape index (κ3) is 1.37. The summed E-state index contributed by atoms with van der Waals surface area (Å²) in [5.41, 5.74) is 16.6. The number of allylic oxidation sites excluding steroid dienone is 1. The molecule has 0 fully saturated rings. The Bertz CT molecular complexity index is 538. The van der Waals surface area contributed by atoms with Crippen molar-refractivity contribution in [2.75, 3.05) is 11.1 Å². The molecule has 1 aliphatic carbocycles. The lowest BCUT2D eigenvalue weighted by Crippen LogP contribution is -2.25. The molecule has 0 spiro atoms. The predicted octanol–water partition coefficient (Wildman–Crippen LogP) is 1.86. The first-order valence-electron chi connectivity index (χ1n) is 5.25. The molecule has 0 saturated carbocycles. The molecule has 0 radical (unpaired) electrons. The van der Waals surface area contributed by atoms with E-state index in [1.807, 2.05) is 36.4 Å². The van der Waals surface area contributed by atoms with Crippen LogP contribution in [0.4, 0.5) is 11.4 Å². The first kappa shape index (κ1) is 9.09. The molecule has 5 N–H and O–H groups in total. The Balaban J connectivity index is 2.09. The van der Waals surface area contributed by atoms with Crippen LogP contribution >= 0.6 is 0 Å². The highest BCUT2D eigenvalue weighted by Gasteiger charge is 2.19. The van der Waals surface area contributed by atoms with Gasteiger partial charge in [0.05, 0.1) is 6.04 Å². The number of nitrogens with two attached hydrogens (primary N) is 2. The number of fused-ring (bicyclic) bond motifs is 2. The quantitative estimate of drug-likeness (QED) is 0.574. The van der Waals surface area contributed by atoms with Gasteiger partial charge >= 0.3 is 0 Å². The van der Waals surface area contributed by atoms with Crippen LogP contribution in [-0.4, -0.2) is 6.04 Å². The molecule has 1 aromatic carbocycles. The van der Waals surface area contributed by atoms with Gasteiger partial charge in [-0.05, 0) is 41.5 Å². The van der Waals surface area contributed by atoms with Gasteiger partial charge in [0.25, 0.3) is 0 Å². The van der Waals surface area contributed by atoms with Gasteiger partial charge in [0.1, 0.15) is 0 Å². The van der Waals surface area contributed by atoms with E-state index in [4.69, 9.17) is 11.5 Å². The Morgan fingerprint density at radius 2 is 2.00 bits per heavy atom. The lowest BCUT2D eigenvalue weighted by atomic mass is 9.93. The minimum Gasteiger partial charge on any atom is -0.399 e. The maximum absolute atomic E-state index is 5.77. The minimum atomic E-state index is 0.166. The van der Waals surface area contributed by atoms with Crippen molar-refractivity contribution in [3.63, 3.8) is 0 Å². The van der Waals surface area contributed by atoms with Crippen LogP contribution < -0.4 is 16.8 Å². The fourth-order valence-electron chi connectivity index (χ4n) is 2.08. The van der Waals surface area contributed by atoms with Gasteiger partial charge in [0.15, 0.2) is 0 Å². The Morgan fingerprint density at radius 1 is 1.12 bits per heavy atom. The van der Waals surface area contributed by atoms with E-state index < -0.39 is 0 Å². The van der Waals surface area contributed by atoms with E-state index in [0.29, 0.717) is 0 Å². The van der Waals surface area contributed by atoms with Gasteiger partial charge in [-0.25, -0.2) is 0 Å². The maximum Gasteiger partial charge on any atom is 0.0721 e. The van der Waals surface area contributed by atoms with Gasteiger partial charge < -0.3 is 16.8 Å². The fraction of sp³-hybridized carbons (Fsp3) is 0.0769. The van der Waals surface area contributed by atoms with Crippen molar-refractivity contribution in [1.82, 2.24) is 0 Å². The molecule has 0 bridgehead atoms. The van der Waals surface area contributed by atoms with Crippen LogP contribution in [0.3, 0.4) is 0 Å². The smallest absolute Gasteiger partial charge is 0.0721 e. The molecule has 3 heteroatoms. The molecule has 1 aliphatic heterocycles. The standard InChI is InChI=1S/C13H13N3/c14-10-3-1-8-5-9-2-4-11(15)7-13(9)16-12(8)6-10/h1-7,12,16H,14-15H2. The normalized spacial score (nSPS) is 21.4. The molecule has 1 aromatic rings. The molecule has 0 aromatic heterocycles. The van der Waals surface area contributed by atoms with Gasteiger partial charge in [-0.3, -0.25) is 0 Å². The molecule has 3 rings (SSSR count). The van der Waals surface area contributed by atoms with Crippen LogP contribution in [0.2, 0.25) is 0 Å². The van der Waals surface area contributed by atoms with Gasteiger partial charge in [-0.1, -0.05) is 12.1 Å². The van der Waals surface area contributed by atoms with E-state index in [0.717, 1.165) is 17.1 Å². The van der Waals surface area contributed by atoms with Gasteiger partial charge in [0.2, 0.25) is 0 Å². The molecule has 2 aliphatic rings. The summed E-state index contributed by atoms with van der Waals surface area (Å²) in [5.74, 6) is 0. The molecule has 1 atom stereocenters. The summed E-state index contributed by atoms with van der Waals surface area (Å²) < 4.78 is 0. The topological polar surface area (TPSA) is 64.1 Å². The molecule has 1 unspecified atom stereocenters. The number of nitrogens with one attached hydrogen (secondary N) is 1. The van der Waals surface area contributed by atoms with E-state index in [-0.39, 0.29) is 6.04 Å². The van der Waals surface area contributed by atoms with Crippen LogP contribution in [0.25, 0.3) is 6.08 Å². The highest BCUT2D eigenvalue weighted by atomic mass is 14.9. The third-order valence-electron chi connectivity index (χ3n) is 2.90. The number of rotatable bonds is 0. The summed E-state index contributed by atoms with van der Waals surface area (Å²) in [6, 6.07) is 6.05. The summed E-state index contributed by atoms with van der Waals surface area (Å²) in [6.45, 7) is 0. The van der Waals surface area contributed by atoms with Gasteiger partial charge in [-0.15, -0.1) is 0 Å². The van der Waals surface area contributed by atoms with Crippen LogP contribution in [0.1, 0.15) is 5.56 Å². The summed E-state index contributed by atoms with van der Waals surface area (Å²) >= 11 is 0. The van der Waals surface area contributed by atoms with Crippen molar-refractivity contribution in [2.45, 2.75) is 6.04 Å². The van der Waals surface area contributed by atoms with E-state index in [9.17, 15) is 0 Å².